The number of carbonyl (C=O) groups is 1. The molecular formula is C21H28FNO4. The fourth-order valence-electron chi connectivity index (χ4n) is 3.68. The fraction of sp³-hybridized carbons (Fsp3) is 0.571. The van der Waals surface area contributed by atoms with E-state index in [2.05, 4.69) is 5.32 Å². The van der Waals surface area contributed by atoms with Gasteiger partial charge in [-0.25, -0.2) is 4.39 Å². The van der Waals surface area contributed by atoms with Crippen molar-refractivity contribution in [3.05, 3.63) is 47.5 Å². The molecule has 1 aliphatic heterocycles. The summed E-state index contributed by atoms with van der Waals surface area (Å²) in [5, 5.41) is 12.0. The molecule has 1 amide bonds. The number of hydrogen-bond donors (Lipinski definition) is 2. The maximum absolute atomic E-state index is 13.0. The van der Waals surface area contributed by atoms with Gasteiger partial charge in [0.1, 0.15) is 5.82 Å². The first-order valence-electron chi connectivity index (χ1n) is 9.76. The topological polar surface area (TPSA) is 67.8 Å². The minimum absolute atomic E-state index is 0.140. The molecule has 0 aromatic heterocycles. The largest absolute Gasteiger partial charge is 0.459 e. The fourth-order valence-corrected chi connectivity index (χ4v) is 3.68. The van der Waals surface area contributed by atoms with Gasteiger partial charge in [-0.2, -0.15) is 0 Å². The van der Waals surface area contributed by atoms with Crippen LogP contribution in [0.5, 0.6) is 0 Å². The lowest BCUT2D eigenvalue weighted by molar-refractivity contribution is -0.173. The van der Waals surface area contributed by atoms with Gasteiger partial charge in [-0.15, -0.1) is 0 Å². The highest BCUT2D eigenvalue weighted by atomic mass is 19.1. The SMILES string of the molecule is CCO[C@@H]1OC(C(=O)NCc2ccc(F)cc2)=C[C@H](C2CC2)[C@H]1CCCO. The van der Waals surface area contributed by atoms with E-state index in [0.29, 0.717) is 31.2 Å². The van der Waals surface area contributed by atoms with Crippen molar-refractivity contribution in [2.45, 2.75) is 45.4 Å². The molecule has 1 aromatic rings. The Morgan fingerprint density at radius 2 is 2.07 bits per heavy atom. The number of nitrogens with one attached hydrogen (secondary N) is 1. The maximum Gasteiger partial charge on any atom is 0.286 e. The normalized spacial score (nSPS) is 24.9. The number of allylic oxidation sites excluding steroid dienone is 1. The zero-order valence-electron chi connectivity index (χ0n) is 15.7. The molecule has 1 fully saturated rings. The molecule has 0 radical (unpaired) electrons. The van der Waals surface area contributed by atoms with Crippen LogP contribution in [0.1, 0.15) is 38.2 Å². The minimum Gasteiger partial charge on any atom is -0.459 e. The van der Waals surface area contributed by atoms with E-state index in [0.717, 1.165) is 24.8 Å². The Hall–Kier alpha value is -1.92. The first-order chi connectivity index (χ1) is 13.1. The van der Waals surface area contributed by atoms with Crippen LogP contribution in [0.4, 0.5) is 4.39 Å². The first kappa shape index (κ1) is 19.8. The average Bonchev–Trinajstić information content (AvgIpc) is 3.51. The number of benzene rings is 1. The number of ether oxygens (including phenoxy) is 2. The van der Waals surface area contributed by atoms with Crippen LogP contribution in [-0.4, -0.2) is 30.5 Å². The van der Waals surface area contributed by atoms with Crippen LogP contribution < -0.4 is 5.32 Å². The molecule has 1 aliphatic carbocycles. The van der Waals surface area contributed by atoms with E-state index in [1.165, 1.54) is 12.1 Å². The zero-order valence-corrected chi connectivity index (χ0v) is 15.7. The monoisotopic (exact) mass is 377 g/mol. The lowest BCUT2D eigenvalue weighted by Gasteiger charge is -2.37. The predicted octanol–water partition coefficient (Wildman–Crippen LogP) is 3.13. The third-order valence-electron chi connectivity index (χ3n) is 5.21. The molecule has 0 bridgehead atoms. The molecule has 3 atom stereocenters. The van der Waals surface area contributed by atoms with Gasteiger partial charge in [-0.05, 0) is 68.2 Å². The number of rotatable bonds is 9. The van der Waals surface area contributed by atoms with Crippen molar-refractivity contribution in [3.63, 3.8) is 0 Å². The van der Waals surface area contributed by atoms with Crippen LogP contribution in [-0.2, 0) is 20.8 Å². The van der Waals surface area contributed by atoms with E-state index in [1.54, 1.807) is 12.1 Å². The summed E-state index contributed by atoms with van der Waals surface area (Å²) in [4.78, 5) is 12.6. The molecule has 3 rings (SSSR count). The molecule has 1 saturated carbocycles. The summed E-state index contributed by atoms with van der Waals surface area (Å²) in [5.41, 5.74) is 0.821. The predicted molar refractivity (Wildman–Crippen MR) is 98.9 cm³/mol. The number of amides is 1. The molecule has 5 nitrogen and oxygen atoms in total. The second kappa shape index (κ2) is 9.33. The van der Waals surface area contributed by atoms with Gasteiger partial charge in [0, 0.05) is 25.7 Å². The summed E-state index contributed by atoms with van der Waals surface area (Å²) in [5.74, 6) is 0.652. The van der Waals surface area contributed by atoms with Crippen molar-refractivity contribution in [1.29, 1.82) is 0 Å². The zero-order chi connectivity index (χ0) is 19.2. The van der Waals surface area contributed by atoms with E-state index in [-0.39, 0.29) is 30.2 Å². The molecule has 0 spiro atoms. The lowest BCUT2D eigenvalue weighted by atomic mass is 9.82. The Morgan fingerprint density at radius 3 is 2.70 bits per heavy atom. The van der Waals surface area contributed by atoms with E-state index < -0.39 is 6.29 Å². The molecule has 1 aromatic carbocycles. The number of carbonyl (C=O) groups excluding carboxylic acids is 1. The number of hydrogen-bond acceptors (Lipinski definition) is 4. The number of halogens is 1. The summed E-state index contributed by atoms with van der Waals surface area (Å²) in [6, 6.07) is 6.04. The van der Waals surface area contributed by atoms with Gasteiger partial charge in [0.15, 0.2) is 5.76 Å². The molecule has 2 aliphatic rings. The summed E-state index contributed by atoms with van der Waals surface area (Å²) < 4.78 is 24.7. The van der Waals surface area contributed by atoms with Crippen molar-refractivity contribution in [3.8, 4) is 0 Å². The molecule has 148 valence electrons. The number of aliphatic hydroxyl groups excluding tert-OH is 1. The van der Waals surface area contributed by atoms with E-state index >= 15 is 0 Å². The summed E-state index contributed by atoms with van der Waals surface area (Å²) in [7, 11) is 0. The molecule has 6 heteroatoms. The van der Waals surface area contributed by atoms with Gasteiger partial charge in [-0.3, -0.25) is 4.79 Å². The van der Waals surface area contributed by atoms with Gasteiger partial charge >= 0.3 is 0 Å². The van der Waals surface area contributed by atoms with E-state index in [9.17, 15) is 14.3 Å². The molecule has 0 unspecified atom stereocenters. The van der Waals surface area contributed by atoms with Crippen LogP contribution in [0.15, 0.2) is 36.1 Å². The van der Waals surface area contributed by atoms with Crippen LogP contribution in [0.2, 0.25) is 0 Å². The summed E-state index contributed by atoms with van der Waals surface area (Å²) >= 11 is 0. The Bertz CT molecular complexity index is 657. The first-order valence-corrected chi connectivity index (χ1v) is 9.76. The number of aliphatic hydroxyl groups is 1. The Kier molecular flexibility index (Phi) is 6.85. The minimum atomic E-state index is -0.469. The molecule has 27 heavy (non-hydrogen) atoms. The highest BCUT2D eigenvalue weighted by molar-refractivity contribution is 5.91. The maximum atomic E-state index is 13.0. The third kappa shape index (κ3) is 5.30. The van der Waals surface area contributed by atoms with Crippen molar-refractivity contribution >= 4 is 5.91 Å². The van der Waals surface area contributed by atoms with Gasteiger partial charge in [-0.1, -0.05) is 12.1 Å². The third-order valence-corrected chi connectivity index (χ3v) is 5.21. The highest BCUT2D eigenvalue weighted by Crippen LogP contribution is 2.47. The Labute approximate surface area is 159 Å². The molecular weight excluding hydrogens is 349 g/mol. The van der Waals surface area contributed by atoms with E-state index in [1.807, 2.05) is 13.0 Å². The lowest BCUT2D eigenvalue weighted by Crippen LogP contribution is -2.40. The standard InChI is InChI=1S/C21H28FNO4/c1-2-26-21-17(4-3-11-24)18(15-7-8-15)12-19(27-21)20(25)23-13-14-5-9-16(22)10-6-14/h5-6,9-10,12,15,17-18,21,24H,2-4,7-8,11,13H2,1H3,(H,23,25)/t17-,18-,21-/m1/s1. The van der Waals surface area contributed by atoms with Gasteiger partial charge in [0.25, 0.3) is 5.91 Å². The quantitative estimate of drug-likeness (QED) is 0.694. The van der Waals surface area contributed by atoms with Gasteiger partial charge in [0.2, 0.25) is 6.29 Å². The smallest absolute Gasteiger partial charge is 0.286 e. The van der Waals surface area contributed by atoms with Crippen LogP contribution in [0, 0.1) is 23.6 Å². The molecule has 2 N–H and O–H groups in total. The van der Waals surface area contributed by atoms with Crippen LogP contribution in [0.25, 0.3) is 0 Å². The molecule has 1 heterocycles. The van der Waals surface area contributed by atoms with E-state index in [4.69, 9.17) is 9.47 Å². The van der Waals surface area contributed by atoms with Gasteiger partial charge < -0.3 is 19.9 Å². The Morgan fingerprint density at radius 1 is 1.33 bits per heavy atom. The second-order valence-corrected chi connectivity index (χ2v) is 7.23. The van der Waals surface area contributed by atoms with Gasteiger partial charge in [0.05, 0.1) is 0 Å². The van der Waals surface area contributed by atoms with Crippen LogP contribution >= 0.6 is 0 Å². The average molecular weight is 377 g/mol. The van der Waals surface area contributed by atoms with Crippen LogP contribution in [0.3, 0.4) is 0 Å². The summed E-state index contributed by atoms with van der Waals surface area (Å²) in [6.07, 6.45) is 5.28. The molecule has 0 saturated heterocycles. The van der Waals surface area contributed by atoms with Crippen molar-refractivity contribution in [1.82, 2.24) is 5.32 Å². The summed E-state index contributed by atoms with van der Waals surface area (Å²) in [6.45, 7) is 2.86. The van der Waals surface area contributed by atoms with Crippen molar-refractivity contribution < 1.29 is 23.8 Å². The van der Waals surface area contributed by atoms with Crippen molar-refractivity contribution in [2.24, 2.45) is 17.8 Å². The van der Waals surface area contributed by atoms with Crippen molar-refractivity contribution in [2.75, 3.05) is 13.2 Å². The highest BCUT2D eigenvalue weighted by Gasteiger charge is 2.43. The second-order valence-electron chi connectivity index (χ2n) is 7.23. The Balaban J connectivity index is 1.68.